The van der Waals surface area contributed by atoms with Crippen molar-refractivity contribution >= 4 is 40.4 Å². The number of halogens is 5. The van der Waals surface area contributed by atoms with Crippen LogP contribution in [0.3, 0.4) is 0 Å². The molecule has 90 valence electrons. The van der Waals surface area contributed by atoms with Gasteiger partial charge in [0.05, 0.1) is 9.90 Å². The van der Waals surface area contributed by atoms with E-state index in [2.05, 4.69) is 4.84 Å². The van der Waals surface area contributed by atoms with Crippen molar-refractivity contribution < 1.29 is 22.8 Å². The van der Waals surface area contributed by atoms with Gasteiger partial charge in [-0.05, 0) is 6.07 Å². The second-order valence-electron chi connectivity index (χ2n) is 2.57. The number of hydrogen-bond donors (Lipinski definition) is 1. The number of hydrogen-bond acceptors (Lipinski definition) is 3. The van der Waals surface area contributed by atoms with E-state index in [-0.39, 0.29) is 14.2 Å². The number of nitrogens with one attached hydrogen (secondary N) is 1. The van der Waals surface area contributed by atoms with E-state index in [1.54, 1.807) is 5.48 Å². The van der Waals surface area contributed by atoms with Crippen LogP contribution in [-0.4, -0.2) is 18.7 Å². The molecule has 0 spiro atoms. The fourth-order valence-electron chi connectivity index (χ4n) is 0.734. The van der Waals surface area contributed by atoms with Gasteiger partial charge in [0.1, 0.15) is 4.34 Å². The van der Waals surface area contributed by atoms with Gasteiger partial charge in [-0.1, -0.05) is 23.2 Å². The summed E-state index contributed by atoms with van der Waals surface area (Å²) < 4.78 is 35.3. The highest BCUT2D eigenvalue weighted by molar-refractivity contribution is 7.20. The zero-order valence-electron chi connectivity index (χ0n) is 7.40. The van der Waals surface area contributed by atoms with Crippen molar-refractivity contribution in [2.75, 3.05) is 6.61 Å². The Kier molecular flexibility index (Phi) is 4.43. The van der Waals surface area contributed by atoms with Crippen LogP contribution < -0.4 is 5.48 Å². The Labute approximate surface area is 102 Å². The maximum atomic E-state index is 11.7. The Morgan fingerprint density at radius 1 is 1.50 bits per heavy atom. The minimum atomic E-state index is -4.51. The van der Waals surface area contributed by atoms with Crippen LogP contribution in [-0.2, 0) is 4.84 Å². The molecule has 0 aromatic carbocycles. The van der Waals surface area contributed by atoms with E-state index in [4.69, 9.17) is 23.2 Å². The Hall–Kier alpha value is -0.500. The Morgan fingerprint density at radius 3 is 2.56 bits per heavy atom. The number of carbonyl (C=O) groups excluding carboxylic acids is 1. The van der Waals surface area contributed by atoms with Gasteiger partial charge in [0.25, 0.3) is 5.91 Å². The highest BCUT2D eigenvalue weighted by Crippen LogP contribution is 2.30. The normalized spacial score (nSPS) is 11.6. The summed E-state index contributed by atoms with van der Waals surface area (Å²) in [6.07, 6.45) is -4.51. The molecular weight excluding hydrogens is 290 g/mol. The maximum absolute atomic E-state index is 11.7. The fourth-order valence-corrected chi connectivity index (χ4v) is 2.19. The standard InChI is InChI=1S/C7H4Cl2F3NO2S/c8-4-1-3(5(9)16-4)6(14)13-15-2-7(10,11)12/h1H,2H2,(H,13,14). The molecule has 0 saturated heterocycles. The van der Waals surface area contributed by atoms with Crippen molar-refractivity contribution in [3.05, 3.63) is 20.3 Å². The number of carbonyl (C=O) groups is 1. The first-order valence-corrected chi connectivity index (χ1v) is 5.30. The van der Waals surface area contributed by atoms with Crippen LogP contribution >= 0.6 is 34.5 Å². The van der Waals surface area contributed by atoms with Crippen molar-refractivity contribution in [3.8, 4) is 0 Å². The molecule has 1 rings (SSSR count). The van der Waals surface area contributed by atoms with Gasteiger partial charge in [-0.25, -0.2) is 5.48 Å². The number of hydroxylamine groups is 1. The zero-order chi connectivity index (χ0) is 12.3. The summed E-state index contributed by atoms with van der Waals surface area (Å²) in [7, 11) is 0. The van der Waals surface area contributed by atoms with E-state index in [0.717, 1.165) is 11.3 Å². The predicted octanol–water partition coefficient (Wildman–Crippen LogP) is 3.28. The molecule has 0 aliphatic rings. The first-order chi connectivity index (χ1) is 7.29. The van der Waals surface area contributed by atoms with Gasteiger partial charge >= 0.3 is 6.18 Å². The lowest BCUT2D eigenvalue weighted by Gasteiger charge is -2.07. The van der Waals surface area contributed by atoms with E-state index in [1.165, 1.54) is 6.07 Å². The Bertz CT molecular complexity index is 393. The third-order valence-corrected chi connectivity index (χ3v) is 2.79. The highest BCUT2D eigenvalue weighted by Gasteiger charge is 2.28. The average Bonchev–Trinajstić information content (AvgIpc) is 2.43. The topological polar surface area (TPSA) is 38.3 Å². The zero-order valence-corrected chi connectivity index (χ0v) is 9.73. The summed E-state index contributed by atoms with van der Waals surface area (Å²) in [6, 6.07) is 1.24. The molecule has 0 bridgehead atoms. The maximum Gasteiger partial charge on any atom is 0.414 e. The minimum absolute atomic E-state index is 0.0289. The summed E-state index contributed by atoms with van der Waals surface area (Å²) in [6.45, 7) is -1.58. The molecule has 1 aromatic heterocycles. The van der Waals surface area contributed by atoms with Gasteiger partial charge in [-0.3, -0.25) is 9.63 Å². The molecule has 0 atom stereocenters. The van der Waals surface area contributed by atoms with Crippen LogP contribution in [0.1, 0.15) is 10.4 Å². The molecule has 3 nitrogen and oxygen atoms in total. The molecule has 0 aliphatic carbocycles. The monoisotopic (exact) mass is 293 g/mol. The van der Waals surface area contributed by atoms with Crippen LogP contribution in [0.2, 0.25) is 8.67 Å². The Balaban J connectivity index is 2.51. The van der Waals surface area contributed by atoms with Crippen LogP contribution in [0.15, 0.2) is 6.07 Å². The summed E-state index contributed by atoms with van der Waals surface area (Å²) in [5.74, 6) is -0.877. The molecule has 1 aromatic rings. The molecule has 1 heterocycles. The first kappa shape index (κ1) is 13.6. The molecule has 0 radical (unpaired) electrons. The van der Waals surface area contributed by atoms with Gasteiger partial charge in [0, 0.05) is 0 Å². The third kappa shape index (κ3) is 4.17. The van der Waals surface area contributed by atoms with E-state index >= 15 is 0 Å². The number of amides is 1. The molecule has 16 heavy (non-hydrogen) atoms. The quantitative estimate of drug-likeness (QED) is 0.869. The van der Waals surface area contributed by atoms with Crippen molar-refractivity contribution in [2.45, 2.75) is 6.18 Å². The van der Waals surface area contributed by atoms with E-state index in [0.29, 0.717) is 0 Å². The minimum Gasteiger partial charge on any atom is -0.267 e. The SMILES string of the molecule is O=C(NOCC(F)(F)F)c1cc(Cl)sc1Cl. The fraction of sp³-hybridized carbons (Fsp3) is 0.286. The molecule has 9 heteroatoms. The van der Waals surface area contributed by atoms with Crippen LogP contribution in [0, 0.1) is 0 Å². The van der Waals surface area contributed by atoms with Crippen molar-refractivity contribution in [1.82, 2.24) is 5.48 Å². The Morgan fingerprint density at radius 2 is 2.12 bits per heavy atom. The molecule has 1 N–H and O–H groups in total. The summed E-state index contributed by atoms with van der Waals surface area (Å²) in [4.78, 5) is 15.2. The number of thiophene rings is 1. The van der Waals surface area contributed by atoms with Crippen molar-refractivity contribution in [3.63, 3.8) is 0 Å². The van der Waals surface area contributed by atoms with Gasteiger partial charge in [-0.15, -0.1) is 11.3 Å². The van der Waals surface area contributed by atoms with Crippen LogP contribution in [0.5, 0.6) is 0 Å². The largest absolute Gasteiger partial charge is 0.414 e. The van der Waals surface area contributed by atoms with Crippen molar-refractivity contribution in [1.29, 1.82) is 0 Å². The molecule has 0 unspecified atom stereocenters. The number of rotatable bonds is 3. The average molecular weight is 294 g/mol. The molecule has 0 aliphatic heterocycles. The lowest BCUT2D eigenvalue weighted by Crippen LogP contribution is -2.29. The summed E-state index contributed by atoms with van der Waals surface area (Å²) in [5, 5.41) is 0. The van der Waals surface area contributed by atoms with Gasteiger partial charge in [0.2, 0.25) is 0 Å². The summed E-state index contributed by atoms with van der Waals surface area (Å²) >= 11 is 12.1. The second-order valence-corrected chi connectivity index (χ2v) is 4.86. The second kappa shape index (κ2) is 5.22. The molecule has 0 fully saturated rings. The van der Waals surface area contributed by atoms with Crippen molar-refractivity contribution in [2.24, 2.45) is 0 Å². The van der Waals surface area contributed by atoms with E-state index in [9.17, 15) is 18.0 Å². The predicted molar refractivity (Wildman–Crippen MR) is 53.8 cm³/mol. The van der Waals surface area contributed by atoms with E-state index in [1.807, 2.05) is 0 Å². The number of alkyl halides is 3. The molecule has 0 saturated carbocycles. The van der Waals surface area contributed by atoms with E-state index < -0.39 is 18.7 Å². The lowest BCUT2D eigenvalue weighted by atomic mass is 10.3. The first-order valence-electron chi connectivity index (χ1n) is 3.73. The van der Waals surface area contributed by atoms with Gasteiger partial charge in [0.15, 0.2) is 6.61 Å². The summed E-state index contributed by atoms with van der Waals surface area (Å²) in [5.41, 5.74) is 1.59. The molecule has 1 amide bonds. The van der Waals surface area contributed by atoms with Crippen LogP contribution in [0.4, 0.5) is 13.2 Å². The molecular formula is C7H4Cl2F3NO2S. The lowest BCUT2D eigenvalue weighted by molar-refractivity contribution is -0.184. The third-order valence-electron chi connectivity index (χ3n) is 1.30. The smallest absolute Gasteiger partial charge is 0.267 e. The van der Waals surface area contributed by atoms with Crippen LogP contribution in [0.25, 0.3) is 0 Å². The van der Waals surface area contributed by atoms with Gasteiger partial charge in [-0.2, -0.15) is 13.2 Å². The highest BCUT2D eigenvalue weighted by atomic mass is 35.5. The van der Waals surface area contributed by atoms with Gasteiger partial charge < -0.3 is 0 Å².